The Hall–Kier alpha value is -6.04. The lowest BCUT2D eigenvalue weighted by Crippen LogP contribution is -2.66. The number of hydrogen-bond donors (Lipinski definition) is 2. The van der Waals surface area contributed by atoms with E-state index in [-0.39, 0.29) is 54.9 Å². The summed E-state index contributed by atoms with van der Waals surface area (Å²) in [5.74, 6) is -1.57. The van der Waals surface area contributed by atoms with Crippen LogP contribution in [0.2, 0.25) is 0 Å². The Morgan fingerprint density at radius 3 is 1.41 bits per heavy atom. The highest BCUT2D eigenvalue weighted by atomic mass is 32.1. The van der Waals surface area contributed by atoms with Crippen molar-refractivity contribution in [3.05, 3.63) is 103 Å². The monoisotopic (exact) mass is 765 g/mol. The third-order valence-electron chi connectivity index (χ3n) is 9.75. The zero-order chi connectivity index (χ0) is 37.8. The summed E-state index contributed by atoms with van der Waals surface area (Å²) in [5.41, 5.74) is 1.25. The molecule has 274 valence electrons. The van der Waals surface area contributed by atoms with Crippen molar-refractivity contribution in [2.75, 3.05) is 45.0 Å². The Labute approximate surface area is 315 Å². The number of allylic oxidation sites excluding steroid dienone is 4. The molecular weight excluding hydrogens is 735 g/mol. The summed E-state index contributed by atoms with van der Waals surface area (Å²) in [7, 11) is 4.94. The van der Waals surface area contributed by atoms with Crippen LogP contribution in [0.25, 0.3) is 0 Å². The zero-order valence-electron chi connectivity index (χ0n) is 29.1. The summed E-state index contributed by atoms with van der Waals surface area (Å²) in [4.78, 5) is 94.4. The molecule has 2 fully saturated rings. The molecule has 8 rings (SSSR count). The first-order valence-corrected chi connectivity index (χ1v) is 18.5. The number of fused-ring (bicyclic) bond motifs is 2. The van der Waals surface area contributed by atoms with Crippen molar-refractivity contribution in [2.24, 2.45) is 0 Å². The molecule has 4 aliphatic rings. The van der Waals surface area contributed by atoms with Crippen LogP contribution in [0.3, 0.4) is 0 Å². The minimum absolute atomic E-state index is 0.0113. The molecule has 0 saturated carbocycles. The Kier molecular flexibility index (Phi) is 8.91. The number of carbonyl (C=O) groups is 6. The van der Waals surface area contributed by atoms with Gasteiger partial charge in [0, 0.05) is 36.6 Å². The fourth-order valence-corrected chi connectivity index (χ4v) is 8.47. The van der Waals surface area contributed by atoms with Gasteiger partial charge in [-0.3, -0.25) is 33.7 Å². The molecule has 2 aromatic heterocycles. The van der Waals surface area contributed by atoms with E-state index in [1.807, 2.05) is 21.7 Å². The van der Waals surface area contributed by atoms with Crippen molar-refractivity contribution in [1.29, 1.82) is 0 Å². The fourth-order valence-electron chi connectivity index (χ4n) is 6.73. The molecule has 2 saturated heterocycles. The average Bonchev–Trinajstić information content (AvgIpc) is 3.80. The number of rotatable bonds is 10. The van der Waals surface area contributed by atoms with Gasteiger partial charge in [0.05, 0.1) is 37.9 Å². The van der Waals surface area contributed by atoms with Gasteiger partial charge in [-0.15, -0.1) is 22.7 Å². The number of nitrogens with one attached hydrogen (secondary N) is 2. The second-order valence-electron chi connectivity index (χ2n) is 12.8. The summed E-state index contributed by atoms with van der Waals surface area (Å²) in [6.45, 7) is 1.00. The van der Waals surface area contributed by atoms with Gasteiger partial charge in [-0.1, -0.05) is 0 Å². The minimum Gasteiger partial charge on any atom is -0.497 e. The van der Waals surface area contributed by atoms with E-state index in [1.165, 1.54) is 26.4 Å². The van der Waals surface area contributed by atoms with Crippen LogP contribution < -0.4 is 20.1 Å². The number of ketones is 4. The molecule has 2 unspecified atom stereocenters. The topological polar surface area (TPSA) is 180 Å². The van der Waals surface area contributed by atoms with Gasteiger partial charge in [0.1, 0.15) is 32.6 Å². The number of nitrogens with zero attached hydrogens (tertiary/aromatic N) is 5. The van der Waals surface area contributed by atoms with Gasteiger partial charge in [-0.25, -0.2) is 9.97 Å². The van der Waals surface area contributed by atoms with Crippen LogP contribution in [0.1, 0.15) is 72.8 Å². The molecule has 2 N–H and O–H groups in total. The number of hydrogen-bond acceptors (Lipinski definition) is 15. The van der Waals surface area contributed by atoms with Gasteiger partial charge in [-0.2, -0.15) is 0 Å². The van der Waals surface area contributed by atoms with E-state index in [9.17, 15) is 28.8 Å². The molecular formula is C37H31N7O8S2. The van der Waals surface area contributed by atoms with Crippen LogP contribution in [0.5, 0.6) is 11.5 Å². The quantitative estimate of drug-likeness (QED) is 0.233. The molecule has 15 nitrogen and oxygen atoms in total. The molecule has 4 heterocycles. The number of Topliss-reactive ketones (excluding diaryl/α,β-unsaturated/α-hetero) is 2. The first kappa shape index (κ1) is 35.0. The van der Waals surface area contributed by atoms with Crippen LogP contribution >= 0.6 is 22.7 Å². The Morgan fingerprint density at radius 1 is 0.685 bits per heavy atom. The highest BCUT2D eigenvalue weighted by molar-refractivity contribution is 7.16. The van der Waals surface area contributed by atoms with Crippen molar-refractivity contribution in [3.8, 4) is 11.5 Å². The Morgan fingerprint density at radius 2 is 1.07 bits per heavy atom. The van der Waals surface area contributed by atoms with Gasteiger partial charge in [0.15, 0.2) is 21.6 Å². The molecule has 2 aliphatic carbocycles. The van der Waals surface area contributed by atoms with Crippen molar-refractivity contribution in [3.63, 3.8) is 0 Å². The van der Waals surface area contributed by atoms with E-state index < -0.39 is 34.9 Å². The molecule has 0 spiro atoms. The summed E-state index contributed by atoms with van der Waals surface area (Å²) in [6.07, 6.45) is 3.35. The predicted molar refractivity (Wildman–Crippen MR) is 198 cm³/mol. The number of anilines is 2. The molecule has 4 aromatic rings. The van der Waals surface area contributed by atoms with Crippen molar-refractivity contribution in [1.82, 2.24) is 24.7 Å². The van der Waals surface area contributed by atoms with Gasteiger partial charge in [0.2, 0.25) is 11.6 Å². The van der Waals surface area contributed by atoms with E-state index in [1.54, 1.807) is 48.5 Å². The number of methoxy groups -OCH3 is 2. The highest BCUT2D eigenvalue weighted by Crippen LogP contribution is 2.38. The van der Waals surface area contributed by atoms with E-state index in [2.05, 4.69) is 20.6 Å². The van der Waals surface area contributed by atoms with E-state index in [4.69, 9.17) is 9.47 Å². The second-order valence-corrected chi connectivity index (χ2v) is 14.8. The number of ether oxygens (including phenoxy) is 2. The molecule has 17 heteroatoms. The van der Waals surface area contributed by atoms with Crippen molar-refractivity contribution >= 4 is 69.0 Å². The third-order valence-corrected chi connectivity index (χ3v) is 11.9. The van der Waals surface area contributed by atoms with Crippen LogP contribution in [-0.4, -0.2) is 106 Å². The number of likely N-dealkylation sites (tertiary alicyclic amines) is 2. The molecule has 2 atom stereocenters. The summed E-state index contributed by atoms with van der Waals surface area (Å²) < 4.78 is 10.3. The maximum absolute atomic E-state index is 13.7. The lowest BCUT2D eigenvalue weighted by Gasteiger charge is -2.56. The molecule has 54 heavy (non-hydrogen) atoms. The summed E-state index contributed by atoms with van der Waals surface area (Å²) in [6, 6.07) is 13.4. The molecule has 0 radical (unpaired) electrons. The lowest BCUT2D eigenvalue weighted by atomic mass is 9.96. The smallest absolute Gasteiger partial charge is 0.284 e. The second kappa shape index (κ2) is 13.7. The number of amides is 2. The maximum Gasteiger partial charge on any atom is 0.284 e. The summed E-state index contributed by atoms with van der Waals surface area (Å²) in [5, 5.41) is 5.44. The summed E-state index contributed by atoms with van der Waals surface area (Å²) >= 11 is 1.73. The predicted octanol–water partition coefficient (Wildman–Crippen LogP) is 4.34. The van der Waals surface area contributed by atoms with Gasteiger partial charge < -0.3 is 29.9 Å². The Balaban J connectivity index is 0.936. The van der Waals surface area contributed by atoms with Gasteiger partial charge >= 0.3 is 0 Å². The number of aromatic nitrogens is 2. The number of benzene rings is 2. The van der Waals surface area contributed by atoms with E-state index in [0.717, 1.165) is 22.7 Å². The average molecular weight is 766 g/mol. The SMILES string of the molecule is COc1ccc(NC(=O)c2nc3c(s2)C(=O)C=C(N2CCC2N(C)C2CCN2C2=CC(=O)c4sc(C(=O)Nc5ccc(OC)cc5)nc4C2=O)C3=O)cc1. The molecule has 2 aromatic carbocycles. The van der Waals surface area contributed by atoms with E-state index in [0.29, 0.717) is 48.8 Å². The molecule has 2 amide bonds. The first-order chi connectivity index (χ1) is 26.0. The minimum atomic E-state index is -0.545. The van der Waals surface area contributed by atoms with Crippen molar-refractivity contribution in [2.45, 2.75) is 25.2 Å². The number of carbonyl (C=O) groups excluding carboxylic acids is 6. The molecule has 2 aliphatic heterocycles. The lowest BCUT2D eigenvalue weighted by molar-refractivity contribution is -0.0903. The fraction of sp³-hybridized carbons (Fsp3) is 0.243. The first-order valence-electron chi connectivity index (χ1n) is 16.8. The third kappa shape index (κ3) is 6.05. The van der Waals surface area contributed by atoms with Crippen LogP contribution in [0.15, 0.2) is 72.1 Å². The standard InChI is InChI=1S/C37H31N7O8S2/c1-42(26-12-14-43(26)22-16-24(45)32-28(30(22)47)40-36(53-32)34(49)38-18-4-8-20(51-2)9-5-18)27-13-15-44(27)23-17-25(46)33-29(31(23)48)41-37(54-33)35(50)39-19-6-10-21(52-3)11-7-19/h4-11,16-17,26-27H,12-15H2,1-3H3,(H,38,49)(H,39,50). The largest absolute Gasteiger partial charge is 0.497 e. The van der Waals surface area contributed by atoms with Crippen LogP contribution in [-0.2, 0) is 0 Å². The van der Waals surface area contributed by atoms with Gasteiger partial charge in [-0.05, 0) is 68.4 Å². The number of thiazole rings is 2. The van der Waals surface area contributed by atoms with Crippen LogP contribution in [0, 0.1) is 0 Å². The maximum atomic E-state index is 13.7. The highest BCUT2D eigenvalue weighted by Gasteiger charge is 2.46. The van der Waals surface area contributed by atoms with Crippen molar-refractivity contribution < 1.29 is 38.2 Å². The zero-order valence-corrected chi connectivity index (χ0v) is 30.7. The van der Waals surface area contributed by atoms with Crippen LogP contribution in [0.4, 0.5) is 11.4 Å². The normalized spacial score (nSPS) is 19.0. The van der Waals surface area contributed by atoms with Gasteiger partial charge in [0.25, 0.3) is 11.8 Å². The Bertz CT molecular complexity index is 2170. The molecule has 0 bridgehead atoms. The van der Waals surface area contributed by atoms with E-state index >= 15 is 0 Å².